The Balaban J connectivity index is 1.73. The molecule has 0 spiro atoms. The molecule has 2 aromatic rings. The molecule has 26 heavy (non-hydrogen) atoms. The third-order valence-electron chi connectivity index (χ3n) is 4.22. The third-order valence-corrected chi connectivity index (χ3v) is 5.26. The van der Waals surface area contributed by atoms with Crippen molar-refractivity contribution in [2.45, 2.75) is 18.7 Å². The van der Waals surface area contributed by atoms with Crippen LogP contribution in [0.1, 0.15) is 34.6 Å². The lowest BCUT2D eigenvalue weighted by atomic mass is 10.1. The van der Waals surface area contributed by atoms with Gasteiger partial charge in [-0.25, -0.2) is 4.79 Å². The summed E-state index contributed by atoms with van der Waals surface area (Å²) in [6, 6.07) is 12.5. The van der Waals surface area contributed by atoms with E-state index in [0.29, 0.717) is 23.4 Å². The summed E-state index contributed by atoms with van der Waals surface area (Å²) in [6.07, 6.45) is 0. The summed E-state index contributed by atoms with van der Waals surface area (Å²) >= 11 is 1.82. The predicted molar refractivity (Wildman–Crippen MR) is 105 cm³/mol. The molecule has 0 aliphatic carbocycles. The summed E-state index contributed by atoms with van der Waals surface area (Å²) in [4.78, 5) is 27.8. The topological polar surface area (TPSA) is 58.6 Å². The predicted octanol–water partition coefficient (Wildman–Crippen LogP) is 4.05. The molecule has 1 aliphatic rings. The van der Waals surface area contributed by atoms with Gasteiger partial charge in [0, 0.05) is 35.0 Å². The molecule has 0 unspecified atom stereocenters. The lowest BCUT2D eigenvalue weighted by molar-refractivity contribution is 0.0526. The summed E-state index contributed by atoms with van der Waals surface area (Å²) in [5, 5.41) is 2.88. The van der Waals surface area contributed by atoms with Crippen LogP contribution in [0.5, 0.6) is 0 Å². The van der Waals surface area contributed by atoms with Gasteiger partial charge in [0.05, 0.1) is 17.9 Å². The van der Waals surface area contributed by atoms with Crippen LogP contribution in [0.25, 0.3) is 0 Å². The fraction of sp³-hybridized carbons (Fsp3) is 0.300. The zero-order chi connectivity index (χ0) is 18.5. The minimum absolute atomic E-state index is 0.164. The number of fused-ring (bicyclic) bond motifs is 1. The number of carbonyl (C=O) groups is 2. The number of thioether (sulfide) groups is 1. The number of benzene rings is 2. The van der Waals surface area contributed by atoms with Gasteiger partial charge in [-0.2, -0.15) is 0 Å². The number of nitrogens with one attached hydrogen (secondary N) is 1. The van der Waals surface area contributed by atoms with Gasteiger partial charge in [0.25, 0.3) is 5.91 Å². The monoisotopic (exact) mass is 370 g/mol. The van der Waals surface area contributed by atoms with E-state index in [1.165, 1.54) is 4.90 Å². The molecule has 3 rings (SSSR count). The van der Waals surface area contributed by atoms with Crippen molar-refractivity contribution in [3.8, 4) is 0 Å². The molecular weight excluding hydrogens is 348 g/mol. The molecule has 0 fully saturated rings. The summed E-state index contributed by atoms with van der Waals surface area (Å²) < 4.78 is 4.96. The smallest absolute Gasteiger partial charge is 0.338 e. The highest BCUT2D eigenvalue weighted by atomic mass is 32.2. The van der Waals surface area contributed by atoms with E-state index < -0.39 is 0 Å². The van der Waals surface area contributed by atoms with E-state index in [9.17, 15) is 9.59 Å². The number of amides is 1. The van der Waals surface area contributed by atoms with Gasteiger partial charge in [-0.05, 0) is 56.3 Å². The summed E-state index contributed by atoms with van der Waals surface area (Å²) in [5.74, 6) is 0.541. The van der Waals surface area contributed by atoms with Crippen LogP contribution in [0.4, 0.5) is 11.4 Å². The van der Waals surface area contributed by atoms with E-state index in [2.05, 4.69) is 17.1 Å². The molecule has 0 radical (unpaired) electrons. The Bertz CT molecular complexity index is 805. The standard InChI is InChI=1S/C20H22N2O3S/c1-3-22-11-12-26-18-10-7-15(13-17(18)22)19(23)21-16-8-5-14(6-9-16)20(24)25-4-2/h5-10,13H,3-4,11-12H2,1-2H3,(H,21,23). The summed E-state index contributed by atoms with van der Waals surface area (Å²) in [5.41, 5.74) is 2.85. The van der Waals surface area contributed by atoms with Crippen LogP contribution < -0.4 is 10.2 Å². The molecule has 0 atom stereocenters. The van der Waals surface area contributed by atoms with Gasteiger partial charge in [-0.15, -0.1) is 11.8 Å². The Morgan fingerprint density at radius 2 is 1.85 bits per heavy atom. The Hall–Kier alpha value is -2.47. The molecule has 136 valence electrons. The van der Waals surface area contributed by atoms with Crippen LogP contribution >= 0.6 is 11.8 Å². The zero-order valence-electron chi connectivity index (χ0n) is 15.0. The zero-order valence-corrected chi connectivity index (χ0v) is 15.8. The molecule has 0 aromatic heterocycles. The van der Waals surface area contributed by atoms with Gasteiger partial charge in [0.2, 0.25) is 0 Å². The highest BCUT2D eigenvalue weighted by Gasteiger charge is 2.18. The lowest BCUT2D eigenvalue weighted by Gasteiger charge is -2.30. The van der Waals surface area contributed by atoms with Crippen molar-refractivity contribution in [2.24, 2.45) is 0 Å². The molecule has 0 bridgehead atoms. The lowest BCUT2D eigenvalue weighted by Crippen LogP contribution is -2.29. The first-order valence-corrected chi connectivity index (χ1v) is 9.71. The first kappa shape index (κ1) is 18.3. The molecule has 1 aliphatic heterocycles. The number of esters is 1. The molecule has 0 saturated heterocycles. The van der Waals surface area contributed by atoms with Crippen molar-refractivity contribution in [2.75, 3.05) is 35.7 Å². The molecule has 0 saturated carbocycles. The maximum atomic E-state index is 12.6. The maximum absolute atomic E-state index is 12.6. The highest BCUT2D eigenvalue weighted by Crippen LogP contribution is 2.35. The van der Waals surface area contributed by atoms with E-state index in [1.807, 2.05) is 30.0 Å². The number of anilines is 2. The van der Waals surface area contributed by atoms with Crippen molar-refractivity contribution in [3.63, 3.8) is 0 Å². The van der Waals surface area contributed by atoms with Gasteiger partial charge >= 0.3 is 5.97 Å². The quantitative estimate of drug-likeness (QED) is 0.805. The second-order valence-corrected chi connectivity index (χ2v) is 7.00. The van der Waals surface area contributed by atoms with Crippen LogP contribution in [-0.4, -0.2) is 37.3 Å². The Kier molecular flexibility index (Phi) is 5.83. The fourth-order valence-electron chi connectivity index (χ4n) is 2.85. The third kappa shape index (κ3) is 4.02. The van der Waals surface area contributed by atoms with Crippen LogP contribution in [0, 0.1) is 0 Å². The molecule has 6 heteroatoms. The van der Waals surface area contributed by atoms with Crippen molar-refractivity contribution in [1.29, 1.82) is 0 Å². The molecule has 1 amide bonds. The van der Waals surface area contributed by atoms with Crippen molar-refractivity contribution in [1.82, 2.24) is 0 Å². The highest BCUT2D eigenvalue weighted by molar-refractivity contribution is 7.99. The van der Waals surface area contributed by atoms with Gasteiger partial charge in [-0.3, -0.25) is 4.79 Å². The minimum Gasteiger partial charge on any atom is -0.462 e. The first-order valence-electron chi connectivity index (χ1n) is 8.72. The first-order chi connectivity index (χ1) is 12.6. The van der Waals surface area contributed by atoms with Gasteiger partial charge in [0.15, 0.2) is 0 Å². The maximum Gasteiger partial charge on any atom is 0.338 e. The second kappa shape index (κ2) is 8.27. The van der Waals surface area contributed by atoms with Crippen LogP contribution in [0.3, 0.4) is 0 Å². The molecule has 5 nitrogen and oxygen atoms in total. The normalized spacial score (nSPS) is 13.1. The number of hydrogen-bond donors (Lipinski definition) is 1. The number of ether oxygens (including phenoxy) is 1. The van der Waals surface area contributed by atoms with E-state index in [4.69, 9.17) is 4.74 Å². The van der Waals surface area contributed by atoms with E-state index >= 15 is 0 Å². The number of carbonyl (C=O) groups excluding carboxylic acids is 2. The minimum atomic E-state index is -0.364. The molecule has 2 aromatic carbocycles. The molecule has 1 heterocycles. The fourth-order valence-corrected chi connectivity index (χ4v) is 3.88. The van der Waals surface area contributed by atoms with Gasteiger partial charge in [0.1, 0.15) is 0 Å². The second-order valence-electron chi connectivity index (χ2n) is 5.86. The Morgan fingerprint density at radius 3 is 2.54 bits per heavy atom. The average Bonchev–Trinajstić information content (AvgIpc) is 2.67. The van der Waals surface area contributed by atoms with E-state index in [0.717, 1.165) is 24.5 Å². The van der Waals surface area contributed by atoms with E-state index in [1.54, 1.807) is 31.2 Å². The van der Waals surface area contributed by atoms with Crippen LogP contribution in [-0.2, 0) is 4.74 Å². The van der Waals surface area contributed by atoms with Crippen molar-refractivity contribution >= 4 is 35.0 Å². The number of nitrogens with zero attached hydrogens (tertiary/aromatic N) is 1. The van der Waals surface area contributed by atoms with Crippen molar-refractivity contribution in [3.05, 3.63) is 53.6 Å². The number of hydrogen-bond acceptors (Lipinski definition) is 5. The average molecular weight is 370 g/mol. The van der Waals surface area contributed by atoms with E-state index in [-0.39, 0.29) is 11.9 Å². The summed E-state index contributed by atoms with van der Waals surface area (Å²) in [7, 11) is 0. The molecule has 1 N–H and O–H groups in total. The van der Waals surface area contributed by atoms with Crippen LogP contribution in [0.2, 0.25) is 0 Å². The van der Waals surface area contributed by atoms with Crippen LogP contribution in [0.15, 0.2) is 47.4 Å². The largest absolute Gasteiger partial charge is 0.462 e. The van der Waals surface area contributed by atoms with Gasteiger partial charge in [-0.1, -0.05) is 0 Å². The Morgan fingerprint density at radius 1 is 1.12 bits per heavy atom. The molecular formula is C20H22N2O3S. The number of rotatable bonds is 5. The van der Waals surface area contributed by atoms with Gasteiger partial charge < -0.3 is 15.0 Å². The SMILES string of the molecule is CCOC(=O)c1ccc(NC(=O)c2ccc3c(c2)N(CC)CCS3)cc1. The Labute approximate surface area is 157 Å². The van der Waals surface area contributed by atoms with Crippen molar-refractivity contribution < 1.29 is 14.3 Å². The summed E-state index contributed by atoms with van der Waals surface area (Å²) in [6.45, 7) is 6.14.